The van der Waals surface area contributed by atoms with Crippen LogP contribution < -0.4 is 16.4 Å². The van der Waals surface area contributed by atoms with Crippen LogP contribution in [0, 0.1) is 5.92 Å². The van der Waals surface area contributed by atoms with E-state index < -0.39 is 6.04 Å². The van der Waals surface area contributed by atoms with Crippen molar-refractivity contribution in [2.24, 2.45) is 11.7 Å². The van der Waals surface area contributed by atoms with Gasteiger partial charge in [0.05, 0.1) is 6.61 Å². The van der Waals surface area contributed by atoms with Gasteiger partial charge in [0.2, 0.25) is 11.8 Å². The largest absolute Gasteiger partial charge is 0.392 e. The van der Waals surface area contributed by atoms with Crippen molar-refractivity contribution in [3.8, 4) is 0 Å². The van der Waals surface area contributed by atoms with Crippen molar-refractivity contribution in [3.05, 3.63) is 29.8 Å². The molecule has 1 atom stereocenters. The van der Waals surface area contributed by atoms with Gasteiger partial charge in [-0.25, -0.2) is 0 Å². The molecule has 0 bridgehead atoms. The summed E-state index contributed by atoms with van der Waals surface area (Å²) in [4.78, 5) is 24.3. The molecule has 128 valence electrons. The first kappa shape index (κ1) is 19.1. The number of hydrogen-bond donors (Lipinski definition) is 4. The third kappa shape index (κ3) is 7.25. The second-order valence-electron chi connectivity index (χ2n) is 5.99. The van der Waals surface area contributed by atoms with E-state index in [4.69, 9.17) is 10.8 Å². The molecule has 6 nitrogen and oxygen atoms in total. The minimum atomic E-state index is -0.595. The van der Waals surface area contributed by atoms with Crippen LogP contribution in [0.15, 0.2) is 24.3 Å². The molecule has 0 heterocycles. The summed E-state index contributed by atoms with van der Waals surface area (Å²) in [6, 6.07) is 6.32. The van der Waals surface area contributed by atoms with Crippen molar-refractivity contribution in [3.63, 3.8) is 0 Å². The predicted octanol–water partition coefficient (Wildman–Crippen LogP) is 1.39. The minimum Gasteiger partial charge on any atom is -0.392 e. The van der Waals surface area contributed by atoms with Crippen LogP contribution in [-0.2, 0) is 16.2 Å². The van der Waals surface area contributed by atoms with Crippen LogP contribution in [0.4, 0.5) is 5.69 Å². The number of carbonyl (C=O) groups is 2. The fourth-order valence-electron chi connectivity index (χ4n) is 2.14. The number of aliphatic hydroxyl groups excluding tert-OH is 1. The molecule has 0 spiro atoms. The maximum atomic E-state index is 12.4. The molecule has 0 aliphatic carbocycles. The van der Waals surface area contributed by atoms with Gasteiger partial charge in [-0.1, -0.05) is 26.0 Å². The van der Waals surface area contributed by atoms with E-state index in [1.807, 2.05) is 13.8 Å². The Labute approximate surface area is 137 Å². The highest BCUT2D eigenvalue weighted by atomic mass is 16.3. The lowest BCUT2D eigenvalue weighted by atomic mass is 10.1. The van der Waals surface area contributed by atoms with Gasteiger partial charge in [0.1, 0.15) is 6.04 Å². The Hall–Kier alpha value is -1.92. The smallest absolute Gasteiger partial charge is 0.246 e. The SMILES string of the molecule is CC(C)CC(=O)NC(CCCN)C(=O)Nc1ccc(CO)cc1. The Bertz CT molecular complexity index is 500. The summed E-state index contributed by atoms with van der Waals surface area (Å²) in [5.74, 6) is -0.153. The van der Waals surface area contributed by atoms with E-state index in [1.54, 1.807) is 24.3 Å². The average Bonchev–Trinajstić information content (AvgIpc) is 2.51. The van der Waals surface area contributed by atoms with Gasteiger partial charge < -0.3 is 21.5 Å². The third-order valence-corrected chi connectivity index (χ3v) is 3.35. The van der Waals surface area contributed by atoms with Gasteiger partial charge in [-0.05, 0) is 43.0 Å². The van der Waals surface area contributed by atoms with Crippen molar-refractivity contribution in [1.82, 2.24) is 5.32 Å². The van der Waals surface area contributed by atoms with Gasteiger partial charge in [-0.15, -0.1) is 0 Å². The number of carbonyl (C=O) groups excluding carboxylic acids is 2. The van der Waals surface area contributed by atoms with E-state index in [9.17, 15) is 9.59 Å². The molecule has 6 heteroatoms. The zero-order chi connectivity index (χ0) is 17.2. The minimum absolute atomic E-state index is 0.0430. The normalized spacial score (nSPS) is 12.0. The van der Waals surface area contributed by atoms with Gasteiger partial charge in [0.15, 0.2) is 0 Å². The number of nitrogens with one attached hydrogen (secondary N) is 2. The van der Waals surface area contributed by atoms with E-state index in [1.165, 1.54) is 0 Å². The second-order valence-corrected chi connectivity index (χ2v) is 5.99. The van der Waals surface area contributed by atoms with E-state index in [0.29, 0.717) is 31.5 Å². The van der Waals surface area contributed by atoms with Crippen molar-refractivity contribution in [2.45, 2.75) is 45.8 Å². The second kappa shape index (κ2) is 9.97. The van der Waals surface area contributed by atoms with Crippen LogP contribution in [0.25, 0.3) is 0 Å². The van der Waals surface area contributed by atoms with Crippen LogP contribution in [0.1, 0.15) is 38.7 Å². The standard InChI is InChI=1S/C17H27N3O3/c1-12(2)10-16(22)20-15(4-3-9-18)17(23)19-14-7-5-13(11-21)6-8-14/h5-8,12,15,21H,3-4,9-11,18H2,1-2H3,(H,19,23)(H,20,22). The Balaban J connectivity index is 2.67. The average molecular weight is 321 g/mol. The molecule has 0 saturated carbocycles. The van der Waals surface area contributed by atoms with E-state index in [2.05, 4.69) is 10.6 Å². The lowest BCUT2D eigenvalue weighted by molar-refractivity contribution is -0.127. The lowest BCUT2D eigenvalue weighted by Crippen LogP contribution is -2.44. The molecule has 1 aromatic rings. The fourth-order valence-corrected chi connectivity index (χ4v) is 2.14. The summed E-state index contributed by atoms with van der Waals surface area (Å²) in [5, 5.41) is 14.6. The zero-order valence-corrected chi connectivity index (χ0v) is 13.8. The molecule has 2 amide bonds. The van der Waals surface area contributed by atoms with Crippen molar-refractivity contribution >= 4 is 17.5 Å². The molecule has 0 aliphatic rings. The van der Waals surface area contributed by atoms with E-state index in [-0.39, 0.29) is 24.3 Å². The first-order valence-electron chi connectivity index (χ1n) is 7.96. The molecule has 0 aromatic heterocycles. The van der Waals surface area contributed by atoms with Crippen LogP contribution in [0.3, 0.4) is 0 Å². The van der Waals surface area contributed by atoms with Crippen molar-refractivity contribution < 1.29 is 14.7 Å². The molecule has 1 rings (SSSR count). The first-order valence-corrected chi connectivity index (χ1v) is 7.96. The summed E-state index contributed by atoms with van der Waals surface area (Å²) in [5.41, 5.74) is 6.90. The highest BCUT2D eigenvalue weighted by Crippen LogP contribution is 2.11. The molecule has 5 N–H and O–H groups in total. The number of rotatable bonds is 9. The topological polar surface area (TPSA) is 104 Å². The molecule has 0 saturated heterocycles. The van der Waals surface area contributed by atoms with Crippen LogP contribution in [0.5, 0.6) is 0 Å². The highest BCUT2D eigenvalue weighted by Gasteiger charge is 2.20. The Kier molecular flexibility index (Phi) is 8.29. The quantitative estimate of drug-likeness (QED) is 0.551. The molecule has 0 radical (unpaired) electrons. The monoisotopic (exact) mass is 321 g/mol. The summed E-state index contributed by atoms with van der Waals surface area (Å²) >= 11 is 0. The molecule has 1 aromatic carbocycles. The summed E-state index contributed by atoms with van der Waals surface area (Å²) in [6.07, 6.45) is 1.54. The number of hydrogen-bond acceptors (Lipinski definition) is 4. The molecule has 0 fully saturated rings. The van der Waals surface area contributed by atoms with Crippen LogP contribution in [0.2, 0.25) is 0 Å². The molecular weight excluding hydrogens is 294 g/mol. The van der Waals surface area contributed by atoms with Crippen LogP contribution >= 0.6 is 0 Å². The van der Waals surface area contributed by atoms with Gasteiger partial charge >= 0.3 is 0 Å². The van der Waals surface area contributed by atoms with Gasteiger partial charge in [0.25, 0.3) is 0 Å². The van der Waals surface area contributed by atoms with E-state index in [0.717, 1.165) is 5.56 Å². The third-order valence-electron chi connectivity index (χ3n) is 3.35. The maximum Gasteiger partial charge on any atom is 0.246 e. The highest BCUT2D eigenvalue weighted by molar-refractivity contribution is 5.97. The van der Waals surface area contributed by atoms with Crippen LogP contribution in [-0.4, -0.2) is 29.5 Å². The number of benzene rings is 1. The summed E-state index contributed by atoms with van der Waals surface area (Å²) in [6.45, 7) is 4.34. The Morgan fingerprint density at radius 2 is 1.87 bits per heavy atom. The van der Waals surface area contributed by atoms with Crippen molar-refractivity contribution in [1.29, 1.82) is 0 Å². The molecule has 0 aliphatic heterocycles. The molecule has 1 unspecified atom stereocenters. The first-order chi connectivity index (χ1) is 11.0. The number of anilines is 1. The van der Waals surface area contributed by atoms with Crippen molar-refractivity contribution in [2.75, 3.05) is 11.9 Å². The Morgan fingerprint density at radius 3 is 2.39 bits per heavy atom. The predicted molar refractivity (Wildman–Crippen MR) is 90.7 cm³/mol. The van der Waals surface area contributed by atoms with E-state index >= 15 is 0 Å². The summed E-state index contributed by atoms with van der Waals surface area (Å²) in [7, 11) is 0. The molecular formula is C17H27N3O3. The van der Waals surface area contributed by atoms with Gasteiger partial charge in [-0.3, -0.25) is 9.59 Å². The number of amides is 2. The van der Waals surface area contributed by atoms with Gasteiger partial charge in [-0.2, -0.15) is 0 Å². The molecule has 23 heavy (non-hydrogen) atoms. The van der Waals surface area contributed by atoms with Gasteiger partial charge in [0, 0.05) is 12.1 Å². The summed E-state index contributed by atoms with van der Waals surface area (Å²) < 4.78 is 0. The number of aliphatic hydroxyl groups is 1. The number of nitrogens with two attached hydrogens (primary N) is 1. The maximum absolute atomic E-state index is 12.4. The Morgan fingerprint density at radius 1 is 1.22 bits per heavy atom. The lowest BCUT2D eigenvalue weighted by Gasteiger charge is -2.19. The zero-order valence-electron chi connectivity index (χ0n) is 13.8. The fraction of sp³-hybridized carbons (Fsp3) is 0.529.